The fourth-order valence-electron chi connectivity index (χ4n) is 3.63. The molecule has 0 unspecified atom stereocenters. The quantitative estimate of drug-likeness (QED) is 0.773. The van der Waals surface area contributed by atoms with E-state index in [1.807, 2.05) is 62.1 Å². The Hall–Kier alpha value is -3.39. The van der Waals surface area contributed by atoms with Crippen molar-refractivity contribution in [1.29, 1.82) is 10.7 Å². The van der Waals surface area contributed by atoms with Crippen LogP contribution in [0.25, 0.3) is 5.70 Å². The van der Waals surface area contributed by atoms with Gasteiger partial charge >= 0.3 is 0 Å². The number of nitrogens with two attached hydrogens (primary N) is 1. The molecule has 2 aromatic carbocycles. The van der Waals surface area contributed by atoms with Crippen molar-refractivity contribution in [3.05, 3.63) is 75.4 Å². The average molecular weight is 386 g/mol. The van der Waals surface area contributed by atoms with Crippen LogP contribution in [0, 0.1) is 30.6 Å². The number of hydrogen-bond acceptors (Lipinski definition) is 4. The molecule has 1 aliphatic heterocycles. The van der Waals surface area contributed by atoms with E-state index in [-0.39, 0.29) is 5.91 Å². The van der Waals surface area contributed by atoms with E-state index in [0.717, 1.165) is 27.8 Å². The minimum atomic E-state index is 0.00525. The smallest absolute Gasteiger partial charge is 0.254 e. The van der Waals surface area contributed by atoms with Gasteiger partial charge in [0.05, 0.1) is 11.6 Å². The lowest BCUT2D eigenvalue weighted by Crippen LogP contribution is -2.48. The second-order valence-electron chi connectivity index (χ2n) is 7.79. The number of nitrogens with one attached hydrogen (secondary N) is 1. The van der Waals surface area contributed by atoms with Crippen molar-refractivity contribution in [1.82, 2.24) is 4.90 Å². The maximum atomic E-state index is 13.1. The summed E-state index contributed by atoms with van der Waals surface area (Å²) in [6.07, 6.45) is 0. The Morgan fingerprint density at radius 1 is 1.10 bits per heavy atom. The Morgan fingerprint density at radius 3 is 2.24 bits per heavy atom. The van der Waals surface area contributed by atoms with E-state index in [1.165, 1.54) is 0 Å². The molecule has 0 aliphatic carbocycles. The van der Waals surface area contributed by atoms with Gasteiger partial charge in [0.15, 0.2) is 0 Å². The first-order valence-corrected chi connectivity index (χ1v) is 9.65. The molecule has 0 aromatic heterocycles. The number of hydrogen-bond donors (Lipinski definition) is 2. The van der Waals surface area contributed by atoms with E-state index < -0.39 is 0 Å². The number of aryl methyl sites for hydroxylation is 2. The number of rotatable bonds is 4. The molecule has 0 bridgehead atoms. The molecule has 0 atom stereocenters. The van der Waals surface area contributed by atoms with Gasteiger partial charge in [-0.05, 0) is 68.2 Å². The van der Waals surface area contributed by atoms with Crippen molar-refractivity contribution in [2.45, 2.75) is 33.6 Å². The summed E-state index contributed by atoms with van der Waals surface area (Å²) in [5.41, 5.74) is 13.2. The molecule has 1 heterocycles. The molecule has 5 heteroatoms. The zero-order chi connectivity index (χ0) is 21.3. The highest BCUT2D eigenvalue weighted by molar-refractivity contribution is 6.03. The number of amides is 1. The van der Waals surface area contributed by atoms with Gasteiger partial charge in [-0.1, -0.05) is 18.2 Å². The molecule has 1 amide bonds. The van der Waals surface area contributed by atoms with Crippen LogP contribution in [0.3, 0.4) is 0 Å². The number of benzene rings is 2. The third kappa shape index (κ3) is 3.93. The fraction of sp³-hybridized carbons (Fsp3) is 0.292. The van der Waals surface area contributed by atoms with Crippen LogP contribution in [-0.2, 0) is 0 Å². The van der Waals surface area contributed by atoms with Crippen molar-refractivity contribution >= 4 is 17.3 Å². The Morgan fingerprint density at radius 2 is 1.69 bits per heavy atom. The van der Waals surface area contributed by atoms with Gasteiger partial charge in [-0.15, -0.1) is 0 Å². The zero-order valence-electron chi connectivity index (χ0n) is 17.3. The Balaban J connectivity index is 1.81. The minimum Gasteiger partial charge on any atom is -0.398 e. The third-order valence-electron chi connectivity index (χ3n) is 5.74. The predicted molar refractivity (Wildman–Crippen MR) is 116 cm³/mol. The monoisotopic (exact) mass is 386 g/mol. The molecule has 1 fully saturated rings. The Labute approximate surface area is 172 Å². The number of nitriles is 1. The van der Waals surface area contributed by atoms with Gasteiger partial charge in [0, 0.05) is 41.5 Å². The lowest BCUT2D eigenvalue weighted by atomic mass is 9.89. The first kappa shape index (κ1) is 20.3. The van der Waals surface area contributed by atoms with Gasteiger partial charge < -0.3 is 16.0 Å². The standard InChI is InChI=1S/C24H26N4O/c1-14-9-15(2)22(10-21(14)23(27)16(3)17(4)26)24(29)28-12-20(13-28)19-7-5-18(11-25)6-8-19/h5-10,20,26H,12-13,27H2,1-4H3/b23-16-,26-17?. The maximum absolute atomic E-state index is 13.1. The number of nitrogens with zero attached hydrogens (tertiary/aromatic N) is 2. The largest absolute Gasteiger partial charge is 0.398 e. The maximum Gasteiger partial charge on any atom is 0.254 e. The second kappa shape index (κ2) is 7.92. The van der Waals surface area contributed by atoms with Gasteiger partial charge in [0.2, 0.25) is 0 Å². The number of carbonyl (C=O) groups excluding carboxylic acids is 1. The molecule has 3 rings (SSSR count). The lowest BCUT2D eigenvalue weighted by Gasteiger charge is -2.40. The van der Waals surface area contributed by atoms with Crippen molar-refractivity contribution in [2.75, 3.05) is 13.1 Å². The van der Waals surface area contributed by atoms with Crippen LogP contribution in [0.4, 0.5) is 0 Å². The molecule has 1 saturated heterocycles. The summed E-state index contributed by atoms with van der Waals surface area (Å²) < 4.78 is 0. The molecule has 0 saturated carbocycles. The number of carbonyl (C=O) groups is 1. The summed E-state index contributed by atoms with van der Waals surface area (Å²) in [5.74, 6) is 0.301. The molecule has 5 nitrogen and oxygen atoms in total. The molecule has 3 N–H and O–H groups in total. The Bertz CT molecular complexity index is 1050. The summed E-state index contributed by atoms with van der Waals surface area (Å²) in [4.78, 5) is 14.9. The van der Waals surface area contributed by atoms with Crippen LogP contribution in [-0.4, -0.2) is 29.6 Å². The van der Waals surface area contributed by atoms with Gasteiger partial charge in [-0.25, -0.2) is 0 Å². The number of allylic oxidation sites excluding steroid dienone is 1. The van der Waals surface area contributed by atoms with Crippen molar-refractivity contribution < 1.29 is 4.79 Å². The van der Waals surface area contributed by atoms with Crippen LogP contribution in [0.15, 0.2) is 42.0 Å². The van der Waals surface area contributed by atoms with Crippen molar-refractivity contribution in [2.24, 2.45) is 5.73 Å². The summed E-state index contributed by atoms with van der Waals surface area (Å²) in [5, 5.41) is 16.8. The van der Waals surface area contributed by atoms with E-state index in [2.05, 4.69) is 6.07 Å². The molecule has 1 aliphatic rings. The average Bonchev–Trinajstić information content (AvgIpc) is 2.66. The predicted octanol–water partition coefficient (Wildman–Crippen LogP) is 4.14. The van der Waals surface area contributed by atoms with E-state index in [1.54, 1.807) is 6.92 Å². The second-order valence-corrected chi connectivity index (χ2v) is 7.79. The highest BCUT2D eigenvalue weighted by Crippen LogP contribution is 2.30. The van der Waals surface area contributed by atoms with Gasteiger partial charge in [-0.3, -0.25) is 4.79 Å². The molecule has 29 heavy (non-hydrogen) atoms. The molecule has 0 radical (unpaired) electrons. The van der Waals surface area contributed by atoms with Gasteiger partial charge in [0.1, 0.15) is 0 Å². The van der Waals surface area contributed by atoms with Crippen LogP contribution >= 0.6 is 0 Å². The highest BCUT2D eigenvalue weighted by Gasteiger charge is 2.33. The first-order chi connectivity index (χ1) is 13.7. The summed E-state index contributed by atoms with van der Waals surface area (Å²) in [6.45, 7) is 8.78. The van der Waals surface area contributed by atoms with Gasteiger partial charge in [0.25, 0.3) is 5.91 Å². The lowest BCUT2D eigenvalue weighted by molar-refractivity contribution is 0.0601. The van der Waals surface area contributed by atoms with Crippen molar-refractivity contribution in [3.63, 3.8) is 0 Å². The Kier molecular flexibility index (Phi) is 5.56. The molecule has 0 spiro atoms. The first-order valence-electron chi connectivity index (χ1n) is 9.65. The third-order valence-corrected chi connectivity index (χ3v) is 5.74. The molecular weight excluding hydrogens is 360 g/mol. The molecular formula is C24H26N4O. The minimum absolute atomic E-state index is 0.00525. The summed E-state index contributed by atoms with van der Waals surface area (Å²) >= 11 is 0. The molecule has 2 aromatic rings. The van der Waals surface area contributed by atoms with E-state index in [0.29, 0.717) is 41.5 Å². The number of likely N-dealkylation sites (tertiary alicyclic amines) is 1. The molecule has 148 valence electrons. The van der Waals surface area contributed by atoms with E-state index in [4.69, 9.17) is 16.4 Å². The highest BCUT2D eigenvalue weighted by atomic mass is 16.2. The normalized spacial score (nSPS) is 14.7. The fourth-order valence-corrected chi connectivity index (χ4v) is 3.63. The van der Waals surface area contributed by atoms with Crippen LogP contribution in [0.5, 0.6) is 0 Å². The topological polar surface area (TPSA) is 94.0 Å². The van der Waals surface area contributed by atoms with Crippen LogP contribution in [0.1, 0.15) is 57.9 Å². The SMILES string of the molecule is CC(=N)/C(C)=C(\N)c1cc(C(=O)N2CC(c3ccc(C#N)cc3)C2)c(C)cc1C. The van der Waals surface area contributed by atoms with E-state index >= 15 is 0 Å². The van der Waals surface area contributed by atoms with E-state index in [9.17, 15) is 4.79 Å². The summed E-state index contributed by atoms with van der Waals surface area (Å²) in [7, 11) is 0. The van der Waals surface area contributed by atoms with Crippen LogP contribution in [0.2, 0.25) is 0 Å². The van der Waals surface area contributed by atoms with Crippen molar-refractivity contribution in [3.8, 4) is 6.07 Å². The zero-order valence-corrected chi connectivity index (χ0v) is 17.3. The summed E-state index contributed by atoms with van der Waals surface area (Å²) in [6, 6.07) is 13.5. The van der Waals surface area contributed by atoms with Gasteiger partial charge in [-0.2, -0.15) is 5.26 Å². The van der Waals surface area contributed by atoms with Crippen LogP contribution < -0.4 is 5.73 Å².